The van der Waals surface area contributed by atoms with Crippen molar-refractivity contribution < 1.29 is 35.9 Å². The van der Waals surface area contributed by atoms with Crippen LogP contribution in [0, 0.1) is 0 Å². The van der Waals surface area contributed by atoms with Crippen molar-refractivity contribution in [1.29, 1.82) is 0 Å². The first-order valence-corrected chi connectivity index (χ1v) is 8.77. The number of ether oxygens (including phenoxy) is 1. The molecule has 1 amide bonds. The van der Waals surface area contributed by atoms with Crippen molar-refractivity contribution in [2.45, 2.75) is 12.4 Å². The second-order valence-corrected chi connectivity index (χ2v) is 6.58. The molecule has 164 valence electrons. The molecule has 0 unspecified atom stereocenters. The van der Waals surface area contributed by atoms with Gasteiger partial charge in [-0.25, -0.2) is 4.68 Å². The molecule has 0 spiro atoms. The normalized spacial score (nSPS) is 12.0. The maximum Gasteiger partial charge on any atom is 0.435 e. The number of carbonyl (C=O) groups excluding carboxylic acids is 1. The van der Waals surface area contributed by atoms with E-state index < -0.39 is 29.6 Å². The summed E-state index contributed by atoms with van der Waals surface area (Å²) in [5.74, 6) is -0.168. The molecule has 5 nitrogen and oxygen atoms in total. The van der Waals surface area contributed by atoms with E-state index in [-0.39, 0.29) is 32.7 Å². The molecule has 0 aliphatic carbocycles. The van der Waals surface area contributed by atoms with Crippen LogP contribution in [0.3, 0.4) is 0 Å². The van der Waals surface area contributed by atoms with Crippen molar-refractivity contribution >= 4 is 23.2 Å². The Labute approximate surface area is 176 Å². The molecule has 12 heteroatoms. The second kappa shape index (κ2) is 8.14. The van der Waals surface area contributed by atoms with Crippen LogP contribution >= 0.6 is 11.6 Å². The molecule has 3 aromatic rings. The highest BCUT2D eigenvalue weighted by Crippen LogP contribution is 2.36. The number of carbonyl (C=O) groups is 1. The third-order valence-corrected chi connectivity index (χ3v) is 4.39. The Bertz CT molecular complexity index is 1110. The van der Waals surface area contributed by atoms with E-state index in [4.69, 9.17) is 16.3 Å². The lowest BCUT2D eigenvalue weighted by atomic mass is 10.2. The molecule has 1 heterocycles. The lowest BCUT2D eigenvalue weighted by Gasteiger charge is -2.11. The van der Waals surface area contributed by atoms with Crippen molar-refractivity contribution in [3.8, 4) is 11.4 Å². The summed E-state index contributed by atoms with van der Waals surface area (Å²) in [7, 11) is 1.43. The van der Waals surface area contributed by atoms with E-state index in [9.17, 15) is 31.1 Å². The minimum absolute atomic E-state index is 0.0681. The third kappa shape index (κ3) is 4.93. The minimum Gasteiger partial charge on any atom is -0.497 e. The lowest BCUT2D eigenvalue weighted by molar-refractivity contribution is -0.143. The Hall–Kier alpha value is -3.21. The zero-order chi connectivity index (χ0) is 23.0. The van der Waals surface area contributed by atoms with Gasteiger partial charge in [-0.2, -0.15) is 31.4 Å². The standard InChI is InChI=1S/C19H12ClF6N3O2/c1-31-12-6-7-13(14(20)8-12)17(30)27-10-2-4-11(5-3-10)29-16(19(24,25)26)9-15(28-29)18(21,22)23/h2-9H,1H3,(H,27,30). The summed E-state index contributed by atoms with van der Waals surface area (Å²) < 4.78 is 83.1. The summed E-state index contributed by atoms with van der Waals surface area (Å²) in [5, 5.41) is 5.64. The highest BCUT2D eigenvalue weighted by Gasteiger charge is 2.42. The SMILES string of the molecule is COc1ccc(C(=O)Nc2ccc(-n3nc(C(F)(F)F)cc3C(F)(F)F)cc2)c(Cl)c1. The van der Waals surface area contributed by atoms with Crippen molar-refractivity contribution in [3.63, 3.8) is 0 Å². The number of nitrogens with zero attached hydrogens (tertiary/aromatic N) is 2. The number of hydrogen-bond donors (Lipinski definition) is 1. The van der Waals surface area contributed by atoms with Crippen LogP contribution in [0.4, 0.5) is 32.0 Å². The van der Waals surface area contributed by atoms with Crippen LogP contribution < -0.4 is 10.1 Å². The topological polar surface area (TPSA) is 56.1 Å². The molecule has 31 heavy (non-hydrogen) atoms. The van der Waals surface area contributed by atoms with Crippen LogP contribution in [0.1, 0.15) is 21.7 Å². The number of rotatable bonds is 4. The minimum atomic E-state index is -5.06. The van der Waals surface area contributed by atoms with Gasteiger partial charge >= 0.3 is 12.4 Å². The van der Waals surface area contributed by atoms with Gasteiger partial charge in [-0.3, -0.25) is 4.79 Å². The average Bonchev–Trinajstić information content (AvgIpc) is 3.15. The Morgan fingerprint density at radius 2 is 1.65 bits per heavy atom. The van der Waals surface area contributed by atoms with E-state index in [1.807, 2.05) is 0 Å². The van der Waals surface area contributed by atoms with Gasteiger partial charge in [0.1, 0.15) is 11.4 Å². The molecule has 0 atom stereocenters. The number of hydrogen-bond acceptors (Lipinski definition) is 3. The maximum atomic E-state index is 13.2. The summed E-state index contributed by atoms with van der Waals surface area (Å²) in [4.78, 5) is 12.4. The van der Waals surface area contributed by atoms with Gasteiger partial charge in [0, 0.05) is 11.8 Å². The molecule has 3 rings (SSSR count). The summed E-state index contributed by atoms with van der Waals surface area (Å²) in [5.41, 5.74) is -3.23. The molecule has 0 radical (unpaired) electrons. The average molecular weight is 464 g/mol. The van der Waals surface area contributed by atoms with E-state index in [2.05, 4.69) is 10.4 Å². The quantitative estimate of drug-likeness (QED) is 0.496. The van der Waals surface area contributed by atoms with Crippen LogP contribution in [0.25, 0.3) is 5.69 Å². The van der Waals surface area contributed by atoms with Gasteiger partial charge in [0.2, 0.25) is 0 Å². The number of benzene rings is 2. The van der Waals surface area contributed by atoms with Gasteiger partial charge in [0.15, 0.2) is 5.69 Å². The summed E-state index contributed by atoms with van der Waals surface area (Å²) in [6.45, 7) is 0. The van der Waals surface area contributed by atoms with Crippen LogP contribution in [0.5, 0.6) is 5.75 Å². The molecule has 0 bridgehead atoms. The Morgan fingerprint density at radius 3 is 2.16 bits per heavy atom. The van der Waals surface area contributed by atoms with Crippen molar-refractivity contribution in [3.05, 3.63) is 70.5 Å². The molecule has 0 saturated heterocycles. The first kappa shape index (κ1) is 22.5. The fourth-order valence-corrected chi connectivity index (χ4v) is 2.87. The largest absolute Gasteiger partial charge is 0.497 e. The monoisotopic (exact) mass is 463 g/mol. The smallest absolute Gasteiger partial charge is 0.435 e. The number of methoxy groups -OCH3 is 1. The van der Waals surface area contributed by atoms with Gasteiger partial charge in [0.05, 0.1) is 23.4 Å². The lowest BCUT2D eigenvalue weighted by Crippen LogP contribution is -2.14. The first-order chi connectivity index (χ1) is 14.4. The molecule has 1 aromatic heterocycles. The van der Waals surface area contributed by atoms with E-state index in [1.165, 1.54) is 37.4 Å². The second-order valence-electron chi connectivity index (χ2n) is 6.17. The van der Waals surface area contributed by atoms with Crippen molar-refractivity contribution in [2.24, 2.45) is 0 Å². The molecule has 0 fully saturated rings. The number of anilines is 1. The number of halogens is 7. The van der Waals surface area contributed by atoms with Crippen LogP contribution in [-0.4, -0.2) is 22.8 Å². The molecular formula is C19H12ClF6N3O2. The zero-order valence-electron chi connectivity index (χ0n) is 15.5. The van der Waals surface area contributed by atoms with Gasteiger partial charge in [-0.05, 0) is 42.5 Å². The molecule has 0 aliphatic heterocycles. The van der Waals surface area contributed by atoms with Gasteiger partial charge < -0.3 is 10.1 Å². The van der Waals surface area contributed by atoms with E-state index in [0.717, 1.165) is 12.1 Å². The van der Waals surface area contributed by atoms with Gasteiger partial charge in [0.25, 0.3) is 5.91 Å². The Kier molecular flexibility index (Phi) is 5.90. The summed E-state index contributed by atoms with van der Waals surface area (Å²) in [6, 6.07) is 8.91. The Morgan fingerprint density at radius 1 is 1.00 bits per heavy atom. The fraction of sp³-hybridized carbons (Fsp3) is 0.158. The summed E-state index contributed by atoms with van der Waals surface area (Å²) in [6.07, 6.45) is -10.1. The predicted molar refractivity (Wildman–Crippen MR) is 99.5 cm³/mol. The molecule has 1 N–H and O–H groups in total. The molecule has 0 aliphatic rings. The van der Waals surface area contributed by atoms with E-state index >= 15 is 0 Å². The number of nitrogens with one attached hydrogen (secondary N) is 1. The molecule has 0 saturated carbocycles. The highest BCUT2D eigenvalue weighted by atomic mass is 35.5. The number of alkyl halides is 6. The fourth-order valence-electron chi connectivity index (χ4n) is 2.61. The Balaban J connectivity index is 1.87. The first-order valence-electron chi connectivity index (χ1n) is 8.40. The number of amides is 1. The van der Waals surface area contributed by atoms with Crippen LogP contribution in [0.2, 0.25) is 5.02 Å². The maximum absolute atomic E-state index is 13.2. The zero-order valence-corrected chi connectivity index (χ0v) is 16.2. The van der Waals surface area contributed by atoms with Crippen molar-refractivity contribution in [1.82, 2.24) is 9.78 Å². The molecular weight excluding hydrogens is 452 g/mol. The van der Waals surface area contributed by atoms with E-state index in [0.29, 0.717) is 5.75 Å². The molecule has 2 aromatic carbocycles. The summed E-state index contributed by atoms with van der Waals surface area (Å²) >= 11 is 6.02. The van der Waals surface area contributed by atoms with E-state index in [1.54, 1.807) is 0 Å². The van der Waals surface area contributed by atoms with Crippen LogP contribution in [0.15, 0.2) is 48.5 Å². The predicted octanol–water partition coefficient (Wildman–Crippen LogP) is 5.82. The van der Waals surface area contributed by atoms with Crippen molar-refractivity contribution in [2.75, 3.05) is 12.4 Å². The third-order valence-electron chi connectivity index (χ3n) is 4.08. The van der Waals surface area contributed by atoms with Gasteiger partial charge in [-0.15, -0.1) is 0 Å². The number of aromatic nitrogens is 2. The van der Waals surface area contributed by atoms with Crippen LogP contribution in [-0.2, 0) is 12.4 Å². The van der Waals surface area contributed by atoms with Gasteiger partial charge in [-0.1, -0.05) is 11.6 Å². The highest BCUT2D eigenvalue weighted by molar-refractivity contribution is 6.34.